The second kappa shape index (κ2) is 7.48. The van der Waals surface area contributed by atoms with E-state index in [0.717, 1.165) is 11.1 Å². The van der Waals surface area contributed by atoms with E-state index in [-0.39, 0.29) is 11.1 Å². The van der Waals surface area contributed by atoms with Crippen LogP contribution in [0.25, 0.3) is 0 Å². The van der Waals surface area contributed by atoms with Crippen molar-refractivity contribution in [3.05, 3.63) is 58.7 Å². The molecule has 130 valence electrons. The average Bonchev–Trinajstić information content (AvgIpc) is 2.56. The monoisotopic (exact) mass is 340 g/mol. The molecule has 0 heterocycles. The average molecular weight is 340 g/mol. The Labute approximate surface area is 145 Å². The molecule has 0 aliphatic carbocycles. The van der Waals surface area contributed by atoms with E-state index >= 15 is 0 Å². The number of hydrogen-bond donors (Lipinski definition) is 4. The normalized spacial score (nSPS) is 10.0. The molecule has 2 aromatic rings. The largest absolute Gasteiger partial charge is 0.366 e. The van der Waals surface area contributed by atoms with Crippen LogP contribution in [0.15, 0.2) is 36.4 Å². The number of rotatable bonds is 4. The summed E-state index contributed by atoms with van der Waals surface area (Å²) < 4.78 is 0. The molecule has 0 atom stereocenters. The van der Waals surface area contributed by atoms with Crippen molar-refractivity contribution in [3.8, 4) is 0 Å². The molecule has 2 aromatic carbocycles. The lowest BCUT2D eigenvalue weighted by Gasteiger charge is -2.14. The van der Waals surface area contributed by atoms with Gasteiger partial charge in [-0.3, -0.25) is 9.59 Å². The van der Waals surface area contributed by atoms with Gasteiger partial charge in [0.05, 0.1) is 22.5 Å². The van der Waals surface area contributed by atoms with Crippen molar-refractivity contribution in [2.75, 3.05) is 17.7 Å². The van der Waals surface area contributed by atoms with E-state index in [1.165, 1.54) is 7.05 Å². The van der Waals surface area contributed by atoms with Crippen LogP contribution in [0.4, 0.5) is 16.2 Å². The number of primary amides is 1. The minimum atomic E-state index is -0.633. The van der Waals surface area contributed by atoms with Crippen LogP contribution >= 0.6 is 0 Å². The third kappa shape index (κ3) is 4.35. The molecule has 0 fully saturated rings. The number of amides is 4. The maximum absolute atomic E-state index is 12.6. The number of carbonyl (C=O) groups excluding carboxylic acids is 3. The Kier molecular flexibility index (Phi) is 5.38. The number of benzene rings is 2. The summed E-state index contributed by atoms with van der Waals surface area (Å²) in [5, 5.41) is 7.72. The maximum atomic E-state index is 12.6. The van der Waals surface area contributed by atoms with Crippen molar-refractivity contribution in [3.63, 3.8) is 0 Å². The topological polar surface area (TPSA) is 113 Å². The van der Waals surface area contributed by atoms with Gasteiger partial charge in [-0.15, -0.1) is 0 Å². The van der Waals surface area contributed by atoms with E-state index in [0.29, 0.717) is 11.4 Å². The van der Waals surface area contributed by atoms with Gasteiger partial charge in [-0.05, 0) is 43.7 Å². The molecular formula is C18H20N4O3. The Balaban J connectivity index is 2.36. The lowest BCUT2D eigenvalue weighted by molar-refractivity contribution is 0.100. The van der Waals surface area contributed by atoms with Crippen LogP contribution in [0.1, 0.15) is 31.8 Å². The molecule has 7 nitrogen and oxygen atoms in total. The zero-order chi connectivity index (χ0) is 18.6. The van der Waals surface area contributed by atoms with Gasteiger partial charge < -0.3 is 21.7 Å². The third-order valence-electron chi connectivity index (χ3n) is 3.58. The number of aryl methyl sites for hydroxylation is 2. The van der Waals surface area contributed by atoms with Crippen LogP contribution in [0.5, 0.6) is 0 Å². The van der Waals surface area contributed by atoms with E-state index in [1.54, 1.807) is 36.4 Å². The van der Waals surface area contributed by atoms with Crippen molar-refractivity contribution < 1.29 is 14.4 Å². The van der Waals surface area contributed by atoms with Gasteiger partial charge >= 0.3 is 6.03 Å². The number of nitrogens with one attached hydrogen (secondary N) is 3. The van der Waals surface area contributed by atoms with Gasteiger partial charge in [0.15, 0.2) is 0 Å². The van der Waals surface area contributed by atoms with Gasteiger partial charge in [-0.2, -0.15) is 0 Å². The van der Waals surface area contributed by atoms with Crippen molar-refractivity contribution in [1.82, 2.24) is 5.32 Å². The molecule has 0 saturated heterocycles. The van der Waals surface area contributed by atoms with E-state index in [2.05, 4.69) is 16.0 Å². The number of urea groups is 1. The fourth-order valence-corrected chi connectivity index (χ4v) is 2.30. The Morgan fingerprint density at radius 1 is 0.840 bits per heavy atom. The predicted molar refractivity (Wildman–Crippen MR) is 96.9 cm³/mol. The molecule has 0 radical (unpaired) electrons. The highest BCUT2D eigenvalue weighted by Crippen LogP contribution is 2.22. The Bertz CT molecular complexity index is 846. The first-order valence-corrected chi connectivity index (χ1v) is 7.63. The van der Waals surface area contributed by atoms with Gasteiger partial charge in [0.25, 0.3) is 11.8 Å². The van der Waals surface area contributed by atoms with E-state index in [4.69, 9.17) is 5.73 Å². The summed E-state index contributed by atoms with van der Waals surface area (Å²) in [5.41, 5.74) is 8.28. The van der Waals surface area contributed by atoms with Crippen LogP contribution in [-0.2, 0) is 0 Å². The lowest BCUT2D eigenvalue weighted by atomic mass is 10.1. The summed E-state index contributed by atoms with van der Waals surface area (Å²) in [6.45, 7) is 3.67. The number of nitrogens with two attached hydrogens (primary N) is 1. The summed E-state index contributed by atoms with van der Waals surface area (Å²) in [6.07, 6.45) is 0. The van der Waals surface area contributed by atoms with Crippen molar-refractivity contribution in [1.29, 1.82) is 0 Å². The van der Waals surface area contributed by atoms with Crippen LogP contribution in [0.3, 0.4) is 0 Å². The molecule has 25 heavy (non-hydrogen) atoms. The minimum Gasteiger partial charge on any atom is -0.366 e. The fraction of sp³-hybridized carbons (Fsp3) is 0.167. The standard InChI is InChI=1S/C18H20N4O3/c1-10-5-7-14(13(8-10)16(19)23)21-17(24)12-6-4-11(2)9-15(12)22-18(25)20-3/h4-9H,1-3H3,(H2,19,23)(H,21,24)(H2,20,22,25). The highest BCUT2D eigenvalue weighted by atomic mass is 16.2. The molecule has 0 aliphatic heterocycles. The molecular weight excluding hydrogens is 320 g/mol. The molecule has 0 spiro atoms. The highest BCUT2D eigenvalue weighted by molar-refractivity contribution is 6.12. The van der Waals surface area contributed by atoms with Crippen LogP contribution in [-0.4, -0.2) is 24.9 Å². The van der Waals surface area contributed by atoms with Crippen LogP contribution < -0.4 is 21.7 Å². The third-order valence-corrected chi connectivity index (χ3v) is 3.58. The first-order chi connectivity index (χ1) is 11.8. The van der Waals surface area contributed by atoms with Crippen molar-refractivity contribution in [2.45, 2.75) is 13.8 Å². The summed E-state index contributed by atoms with van der Waals surface area (Å²) >= 11 is 0. The first-order valence-electron chi connectivity index (χ1n) is 7.63. The molecule has 7 heteroatoms. The van der Waals surface area contributed by atoms with Crippen molar-refractivity contribution in [2.24, 2.45) is 5.73 Å². The summed E-state index contributed by atoms with van der Waals surface area (Å²) in [6, 6.07) is 9.61. The molecule has 5 N–H and O–H groups in total. The Morgan fingerprint density at radius 2 is 1.48 bits per heavy atom. The van der Waals surface area contributed by atoms with E-state index in [1.807, 2.05) is 13.8 Å². The molecule has 0 saturated carbocycles. The highest BCUT2D eigenvalue weighted by Gasteiger charge is 2.16. The Morgan fingerprint density at radius 3 is 2.12 bits per heavy atom. The van der Waals surface area contributed by atoms with E-state index in [9.17, 15) is 14.4 Å². The summed E-state index contributed by atoms with van der Waals surface area (Å²) in [5.74, 6) is -1.09. The van der Waals surface area contributed by atoms with Gasteiger partial charge in [-0.25, -0.2) is 4.79 Å². The molecule has 0 aromatic heterocycles. The maximum Gasteiger partial charge on any atom is 0.318 e. The number of anilines is 2. The molecule has 0 unspecified atom stereocenters. The zero-order valence-electron chi connectivity index (χ0n) is 14.3. The first kappa shape index (κ1) is 18.0. The minimum absolute atomic E-state index is 0.223. The molecule has 2 rings (SSSR count). The second-order valence-electron chi connectivity index (χ2n) is 5.62. The lowest BCUT2D eigenvalue weighted by Crippen LogP contribution is -2.26. The molecule has 4 amide bonds. The van der Waals surface area contributed by atoms with E-state index < -0.39 is 17.8 Å². The molecule has 0 bridgehead atoms. The number of carbonyl (C=O) groups is 3. The summed E-state index contributed by atoms with van der Waals surface area (Å²) in [4.78, 5) is 35.8. The smallest absolute Gasteiger partial charge is 0.318 e. The fourth-order valence-electron chi connectivity index (χ4n) is 2.30. The second-order valence-corrected chi connectivity index (χ2v) is 5.62. The van der Waals surface area contributed by atoms with Crippen LogP contribution in [0, 0.1) is 13.8 Å². The van der Waals surface area contributed by atoms with Gasteiger partial charge in [-0.1, -0.05) is 17.7 Å². The molecule has 0 aliphatic rings. The van der Waals surface area contributed by atoms with Gasteiger partial charge in [0.1, 0.15) is 0 Å². The van der Waals surface area contributed by atoms with Gasteiger partial charge in [0.2, 0.25) is 0 Å². The summed E-state index contributed by atoms with van der Waals surface area (Å²) in [7, 11) is 1.48. The quantitative estimate of drug-likeness (QED) is 0.685. The van der Waals surface area contributed by atoms with Crippen LogP contribution in [0.2, 0.25) is 0 Å². The number of hydrogen-bond acceptors (Lipinski definition) is 3. The van der Waals surface area contributed by atoms with Gasteiger partial charge in [0, 0.05) is 7.05 Å². The predicted octanol–water partition coefficient (Wildman–Crippen LogP) is 2.41. The van der Waals surface area contributed by atoms with Crippen molar-refractivity contribution >= 4 is 29.2 Å². The SMILES string of the molecule is CNC(=O)Nc1cc(C)ccc1C(=O)Nc1ccc(C)cc1C(N)=O. The zero-order valence-corrected chi connectivity index (χ0v) is 14.3. The Hall–Kier alpha value is -3.35.